The van der Waals surface area contributed by atoms with Gasteiger partial charge >= 0.3 is 0 Å². The Hall–Kier alpha value is -1.55. The minimum absolute atomic E-state index is 0.0313. The number of amides is 1. The van der Waals surface area contributed by atoms with Gasteiger partial charge in [-0.2, -0.15) is 0 Å². The minimum atomic E-state index is -0.0313. The summed E-state index contributed by atoms with van der Waals surface area (Å²) >= 11 is 0. The zero-order valence-electron chi connectivity index (χ0n) is 12.3. The molecule has 0 fully saturated rings. The van der Waals surface area contributed by atoms with Crippen LogP contribution in [0.4, 0.5) is 0 Å². The normalized spacial score (nSPS) is 18.5. The first kappa shape index (κ1) is 14.9. The Bertz CT molecular complexity index is 460. The smallest absolute Gasteiger partial charge is 0.220 e. The van der Waals surface area contributed by atoms with Crippen LogP contribution in [0.2, 0.25) is 0 Å². The summed E-state index contributed by atoms with van der Waals surface area (Å²) in [6, 6.07) is 7.81. The highest BCUT2D eigenvalue weighted by molar-refractivity contribution is 5.77. The lowest BCUT2D eigenvalue weighted by Gasteiger charge is -2.18. The lowest BCUT2D eigenvalue weighted by atomic mass is 9.94. The molecule has 0 saturated heterocycles. The van der Waals surface area contributed by atoms with E-state index in [0.717, 1.165) is 17.7 Å². The summed E-state index contributed by atoms with van der Waals surface area (Å²) in [7, 11) is 0. The van der Waals surface area contributed by atoms with Gasteiger partial charge in [-0.3, -0.25) is 4.79 Å². The Morgan fingerprint density at radius 1 is 1.45 bits per heavy atom. The van der Waals surface area contributed by atoms with Gasteiger partial charge in [0.1, 0.15) is 12.4 Å². The van der Waals surface area contributed by atoms with Crippen LogP contribution in [0.1, 0.15) is 38.3 Å². The quantitative estimate of drug-likeness (QED) is 0.837. The van der Waals surface area contributed by atoms with Crippen LogP contribution in [0, 0.1) is 11.8 Å². The van der Waals surface area contributed by atoms with Crippen molar-refractivity contribution in [3.63, 3.8) is 0 Å². The second-order valence-corrected chi connectivity index (χ2v) is 5.90. The van der Waals surface area contributed by atoms with Crippen molar-refractivity contribution in [1.82, 2.24) is 5.32 Å². The fraction of sp³-hybridized carbons (Fsp3) is 0.562. The molecule has 1 aliphatic rings. The molecule has 0 spiro atoms. The summed E-state index contributed by atoms with van der Waals surface area (Å²) in [5.74, 6) is 1.75. The van der Waals surface area contributed by atoms with Gasteiger partial charge in [-0.15, -0.1) is 0 Å². The van der Waals surface area contributed by atoms with E-state index in [0.29, 0.717) is 25.5 Å². The van der Waals surface area contributed by atoms with Gasteiger partial charge in [0.15, 0.2) is 0 Å². The fourth-order valence-electron chi connectivity index (χ4n) is 2.73. The van der Waals surface area contributed by atoms with E-state index in [4.69, 9.17) is 10.5 Å². The summed E-state index contributed by atoms with van der Waals surface area (Å²) < 4.78 is 5.57. The summed E-state index contributed by atoms with van der Waals surface area (Å²) in [4.78, 5) is 12.1. The third kappa shape index (κ3) is 3.73. The second-order valence-electron chi connectivity index (χ2n) is 5.90. The molecular formula is C16H24N2O2. The van der Waals surface area contributed by atoms with Crippen molar-refractivity contribution >= 4 is 5.91 Å². The van der Waals surface area contributed by atoms with Crippen LogP contribution in [-0.4, -0.2) is 19.1 Å². The van der Waals surface area contributed by atoms with Crippen molar-refractivity contribution in [3.05, 3.63) is 29.8 Å². The molecule has 2 rings (SSSR count). The maximum atomic E-state index is 12.1. The van der Waals surface area contributed by atoms with E-state index >= 15 is 0 Å². The number of hydrogen-bond donors (Lipinski definition) is 2. The molecule has 1 aromatic carbocycles. The lowest BCUT2D eigenvalue weighted by molar-refractivity contribution is -0.122. The number of nitrogens with two attached hydrogens (primary N) is 1. The van der Waals surface area contributed by atoms with E-state index in [9.17, 15) is 4.79 Å². The van der Waals surface area contributed by atoms with Gasteiger partial charge in [-0.05, 0) is 30.9 Å². The Balaban J connectivity index is 1.89. The second kappa shape index (κ2) is 6.75. The first-order valence-electron chi connectivity index (χ1n) is 7.31. The van der Waals surface area contributed by atoms with Gasteiger partial charge in [0.25, 0.3) is 0 Å². The molecule has 1 amide bonds. The molecule has 1 heterocycles. The van der Waals surface area contributed by atoms with Gasteiger partial charge in [-0.25, -0.2) is 0 Å². The molecule has 0 aromatic heterocycles. The van der Waals surface area contributed by atoms with E-state index < -0.39 is 0 Å². The van der Waals surface area contributed by atoms with Gasteiger partial charge in [-0.1, -0.05) is 32.0 Å². The summed E-state index contributed by atoms with van der Waals surface area (Å²) in [5.41, 5.74) is 6.81. The minimum Gasteiger partial charge on any atom is -0.491 e. The molecule has 110 valence electrons. The predicted molar refractivity (Wildman–Crippen MR) is 79.4 cm³/mol. The number of rotatable bonds is 6. The number of ether oxygens (including phenoxy) is 1. The molecule has 4 heteroatoms. The summed E-state index contributed by atoms with van der Waals surface area (Å²) in [6.07, 6.45) is 1.48. The van der Waals surface area contributed by atoms with Crippen LogP contribution < -0.4 is 15.8 Å². The molecule has 1 unspecified atom stereocenters. The van der Waals surface area contributed by atoms with E-state index in [1.54, 1.807) is 0 Å². The largest absolute Gasteiger partial charge is 0.491 e. The number of nitrogens with one attached hydrogen (secondary N) is 1. The van der Waals surface area contributed by atoms with Crippen molar-refractivity contribution < 1.29 is 9.53 Å². The lowest BCUT2D eigenvalue weighted by Crippen LogP contribution is -2.32. The summed E-state index contributed by atoms with van der Waals surface area (Å²) in [5, 5.41) is 3.05. The molecule has 4 nitrogen and oxygen atoms in total. The maximum Gasteiger partial charge on any atom is 0.220 e. The highest BCUT2D eigenvalue weighted by atomic mass is 16.5. The van der Waals surface area contributed by atoms with Gasteiger partial charge in [0.05, 0.1) is 6.04 Å². The Morgan fingerprint density at radius 2 is 2.20 bits per heavy atom. The molecule has 0 saturated carbocycles. The average Bonchev–Trinajstić information content (AvgIpc) is 2.81. The third-order valence-corrected chi connectivity index (χ3v) is 3.65. The predicted octanol–water partition coefficient (Wildman–Crippen LogP) is 2.25. The third-order valence-electron chi connectivity index (χ3n) is 3.65. The van der Waals surface area contributed by atoms with Crippen molar-refractivity contribution in [3.8, 4) is 5.75 Å². The monoisotopic (exact) mass is 276 g/mol. The first-order valence-corrected chi connectivity index (χ1v) is 7.31. The molecule has 0 radical (unpaired) electrons. The van der Waals surface area contributed by atoms with Crippen LogP contribution >= 0.6 is 0 Å². The van der Waals surface area contributed by atoms with Gasteiger partial charge < -0.3 is 15.8 Å². The van der Waals surface area contributed by atoms with Crippen LogP contribution in [-0.2, 0) is 4.79 Å². The van der Waals surface area contributed by atoms with Gasteiger partial charge in [0.2, 0.25) is 5.91 Å². The number of hydrogen-bond acceptors (Lipinski definition) is 3. The average molecular weight is 276 g/mol. The van der Waals surface area contributed by atoms with Crippen molar-refractivity contribution in [2.45, 2.75) is 32.7 Å². The fourth-order valence-corrected chi connectivity index (χ4v) is 2.73. The maximum absolute atomic E-state index is 12.1. The molecule has 0 aliphatic carbocycles. The van der Waals surface area contributed by atoms with Gasteiger partial charge in [0, 0.05) is 12.0 Å². The molecular weight excluding hydrogens is 252 g/mol. The standard InChI is InChI=1S/C16H24N2O2/c1-11(2)7-12(9-17)8-16(19)18-14-10-20-15-6-4-3-5-13(14)15/h3-6,11-12,14H,7-10,17H2,1-2H3,(H,18,19)/t12-,14?/m0/s1. The number of benzene rings is 1. The molecule has 1 aromatic rings. The highest BCUT2D eigenvalue weighted by Crippen LogP contribution is 2.31. The van der Waals surface area contributed by atoms with Crippen LogP contribution in [0.3, 0.4) is 0 Å². The topological polar surface area (TPSA) is 64.4 Å². The van der Waals surface area contributed by atoms with Crippen molar-refractivity contribution in [1.29, 1.82) is 0 Å². The van der Waals surface area contributed by atoms with E-state index in [-0.39, 0.29) is 17.9 Å². The van der Waals surface area contributed by atoms with E-state index in [1.165, 1.54) is 0 Å². The SMILES string of the molecule is CC(C)C[C@H](CN)CC(=O)NC1COc2ccccc21. The number of fused-ring (bicyclic) bond motifs is 1. The van der Waals surface area contributed by atoms with Crippen molar-refractivity contribution in [2.24, 2.45) is 17.6 Å². The van der Waals surface area contributed by atoms with Crippen LogP contribution in [0.25, 0.3) is 0 Å². The Kier molecular flexibility index (Phi) is 5.01. The summed E-state index contributed by atoms with van der Waals surface area (Å²) in [6.45, 7) is 5.38. The number of carbonyl (C=O) groups excluding carboxylic acids is 1. The Labute approximate surface area is 120 Å². The zero-order valence-corrected chi connectivity index (χ0v) is 12.3. The number of carbonyl (C=O) groups is 1. The van der Waals surface area contributed by atoms with Crippen LogP contribution in [0.5, 0.6) is 5.75 Å². The van der Waals surface area contributed by atoms with Crippen molar-refractivity contribution in [2.75, 3.05) is 13.2 Å². The molecule has 1 aliphatic heterocycles. The zero-order chi connectivity index (χ0) is 14.5. The van der Waals surface area contributed by atoms with Crippen LogP contribution in [0.15, 0.2) is 24.3 Å². The van der Waals surface area contributed by atoms with E-state index in [1.807, 2.05) is 24.3 Å². The molecule has 0 bridgehead atoms. The first-order chi connectivity index (χ1) is 9.60. The molecule has 3 N–H and O–H groups in total. The Morgan fingerprint density at radius 3 is 2.90 bits per heavy atom. The molecule has 20 heavy (non-hydrogen) atoms. The number of para-hydroxylation sites is 1. The highest BCUT2D eigenvalue weighted by Gasteiger charge is 2.25. The molecule has 2 atom stereocenters. The van der Waals surface area contributed by atoms with E-state index in [2.05, 4.69) is 19.2 Å².